The van der Waals surface area contributed by atoms with Crippen molar-refractivity contribution in [3.63, 3.8) is 0 Å². The van der Waals surface area contributed by atoms with Crippen molar-refractivity contribution in [2.45, 2.75) is 65.2 Å². The molecule has 1 fully saturated rings. The summed E-state index contributed by atoms with van der Waals surface area (Å²) in [5, 5.41) is 3.11. The molecule has 1 amide bonds. The molecular formula is C33H45NO7. The van der Waals surface area contributed by atoms with Gasteiger partial charge in [-0.2, -0.15) is 0 Å². The zero-order valence-electron chi connectivity index (χ0n) is 25.6. The van der Waals surface area contributed by atoms with Gasteiger partial charge in [-0.1, -0.05) is 36.1 Å². The molecule has 0 aromatic heterocycles. The Kier molecular flexibility index (Phi) is 12.6. The van der Waals surface area contributed by atoms with E-state index in [0.717, 1.165) is 43.2 Å². The highest BCUT2D eigenvalue weighted by Crippen LogP contribution is 2.45. The van der Waals surface area contributed by atoms with Crippen LogP contribution < -0.4 is 24.3 Å². The highest BCUT2D eigenvalue weighted by Gasteiger charge is 2.26. The molecule has 0 saturated heterocycles. The van der Waals surface area contributed by atoms with Gasteiger partial charge < -0.3 is 33.7 Å². The van der Waals surface area contributed by atoms with E-state index < -0.39 is 0 Å². The number of nitrogens with one attached hydrogen (secondary N) is 1. The Morgan fingerprint density at radius 1 is 0.878 bits per heavy atom. The van der Waals surface area contributed by atoms with Crippen LogP contribution >= 0.6 is 0 Å². The molecule has 224 valence electrons. The monoisotopic (exact) mass is 567 g/mol. The van der Waals surface area contributed by atoms with Gasteiger partial charge in [0.05, 0.1) is 19.8 Å². The summed E-state index contributed by atoms with van der Waals surface area (Å²) < 4.78 is 33.4. The Balaban J connectivity index is 2.02. The van der Waals surface area contributed by atoms with Gasteiger partial charge in [-0.25, -0.2) is 0 Å². The average Bonchev–Trinajstić information content (AvgIpc) is 3.51. The molecule has 1 aliphatic rings. The normalized spacial score (nSPS) is 13.6. The van der Waals surface area contributed by atoms with Gasteiger partial charge in [-0.15, -0.1) is 0 Å². The third-order valence-electron chi connectivity index (χ3n) is 7.16. The second kappa shape index (κ2) is 16.1. The number of carbonyl (C=O) groups excluding carboxylic acids is 1. The number of hydrogen-bond donors (Lipinski definition) is 1. The Labute approximate surface area is 244 Å². The van der Waals surface area contributed by atoms with Gasteiger partial charge in [-0.3, -0.25) is 4.79 Å². The number of carbonyl (C=O) groups is 1. The molecule has 2 aromatic carbocycles. The molecule has 8 nitrogen and oxygen atoms in total. The van der Waals surface area contributed by atoms with Crippen molar-refractivity contribution in [2.24, 2.45) is 0 Å². The summed E-state index contributed by atoms with van der Waals surface area (Å²) in [6, 6.07) is 7.31. The third-order valence-corrected chi connectivity index (χ3v) is 7.16. The molecule has 0 aliphatic heterocycles. The van der Waals surface area contributed by atoms with Crippen molar-refractivity contribution in [3.8, 4) is 23.0 Å². The number of rotatable bonds is 15. The molecular weight excluding hydrogens is 522 g/mol. The maximum Gasteiger partial charge on any atom is 0.256 e. The van der Waals surface area contributed by atoms with Crippen molar-refractivity contribution in [2.75, 3.05) is 47.3 Å². The first kappa shape index (κ1) is 32.0. The Hall–Kier alpha value is -3.49. The molecule has 8 heteroatoms. The van der Waals surface area contributed by atoms with E-state index in [1.807, 2.05) is 12.1 Å². The molecule has 2 aromatic rings. The molecule has 3 rings (SSSR count). The lowest BCUT2D eigenvalue weighted by Crippen LogP contribution is -2.16. The molecule has 0 spiro atoms. The van der Waals surface area contributed by atoms with Gasteiger partial charge in [0.1, 0.15) is 11.5 Å². The minimum atomic E-state index is -0.270. The quantitative estimate of drug-likeness (QED) is 0.177. The predicted molar refractivity (Wildman–Crippen MR) is 162 cm³/mol. The van der Waals surface area contributed by atoms with Crippen molar-refractivity contribution >= 4 is 11.6 Å². The van der Waals surface area contributed by atoms with E-state index in [1.54, 1.807) is 40.6 Å². The van der Waals surface area contributed by atoms with Crippen LogP contribution in [0.4, 0.5) is 5.69 Å². The zero-order chi connectivity index (χ0) is 29.8. The van der Waals surface area contributed by atoms with E-state index in [-0.39, 0.29) is 19.5 Å². The van der Waals surface area contributed by atoms with E-state index in [1.165, 1.54) is 11.1 Å². The first-order valence-corrected chi connectivity index (χ1v) is 14.1. The van der Waals surface area contributed by atoms with E-state index in [0.29, 0.717) is 46.6 Å². The lowest BCUT2D eigenvalue weighted by molar-refractivity contribution is 0.0315. The molecule has 41 heavy (non-hydrogen) atoms. The molecule has 1 N–H and O–H groups in total. The fourth-order valence-electron chi connectivity index (χ4n) is 4.99. The number of allylic oxidation sites excluding steroid dienone is 4. The SMILES string of the molecule is COCOc1cc(NC(=O)c2cc(OC)cc(OC)c2C/C=C(\C)CC=C(C)C)cc(C2CCCC2)c1OCOC. The van der Waals surface area contributed by atoms with E-state index >= 15 is 0 Å². The summed E-state index contributed by atoms with van der Waals surface area (Å²) in [5.74, 6) is 2.28. The number of methoxy groups -OCH3 is 4. The maximum atomic E-state index is 13.9. The fraction of sp³-hybridized carbons (Fsp3) is 0.485. The van der Waals surface area contributed by atoms with Crippen LogP contribution in [0.25, 0.3) is 0 Å². The maximum absolute atomic E-state index is 13.9. The summed E-state index contributed by atoms with van der Waals surface area (Å²) in [5.41, 5.74) is 5.34. The number of hydrogen-bond acceptors (Lipinski definition) is 7. The minimum Gasteiger partial charge on any atom is -0.497 e. The number of ether oxygens (including phenoxy) is 6. The van der Waals surface area contributed by atoms with E-state index in [9.17, 15) is 4.79 Å². The van der Waals surface area contributed by atoms with Gasteiger partial charge >= 0.3 is 0 Å². The van der Waals surface area contributed by atoms with Gasteiger partial charge in [0.2, 0.25) is 0 Å². The van der Waals surface area contributed by atoms with Crippen molar-refractivity contribution in [3.05, 3.63) is 64.3 Å². The highest BCUT2D eigenvalue weighted by molar-refractivity contribution is 6.06. The van der Waals surface area contributed by atoms with Crippen LogP contribution in [-0.2, 0) is 15.9 Å². The first-order valence-electron chi connectivity index (χ1n) is 14.1. The minimum absolute atomic E-state index is 0.0422. The second-order valence-corrected chi connectivity index (χ2v) is 10.5. The summed E-state index contributed by atoms with van der Waals surface area (Å²) in [7, 11) is 6.32. The van der Waals surface area contributed by atoms with Gasteiger partial charge in [0, 0.05) is 43.2 Å². The number of anilines is 1. The van der Waals surface area contributed by atoms with Gasteiger partial charge in [0.15, 0.2) is 25.1 Å². The first-order chi connectivity index (χ1) is 19.8. The second-order valence-electron chi connectivity index (χ2n) is 10.5. The lowest BCUT2D eigenvalue weighted by Gasteiger charge is -2.21. The summed E-state index contributed by atoms with van der Waals surface area (Å²) in [4.78, 5) is 13.9. The van der Waals surface area contributed by atoms with Crippen molar-refractivity contribution in [1.82, 2.24) is 0 Å². The molecule has 0 radical (unpaired) electrons. The van der Waals surface area contributed by atoms with E-state index in [2.05, 4.69) is 38.2 Å². The van der Waals surface area contributed by atoms with Crippen LogP contribution in [0.2, 0.25) is 0 Å². The Morgan fingerprint density at radius 2 is 1.59 bits per heavy atom. The predicted octanol–water partition coefficient (Wildman–Crippen LogP) is 7.42. The zero-order valence-corrected chi connectivity index (χ0v) is 25.6. The fourth-order valence-corrected chi connectivity index (χ4v) is 4.99. The van der Waals surface area contributed by atoms with Crippen LogP contribution in [0.15, 0.2) is 47.6 Å². The summed E-state index contributed by atoms with van der Waals surface area (Å²) in [6.07, 6.45) is 10.1. The molecule has 0 bridgehead atoms. The van der Waals surface area contributed by atoms with Gasteiger partial charge in [-0.05, 0) is 64.5 Å². The topological polar surface area (TPSA) is 84.5 Å². The molecule has 1 saturated carbocycles. The summed E-state index contributed by atoms with van der Waals surface area (Å²) in [6.45, 7) is 6.39. The van der Waals surface area contributed by atoms with Crippen LogP contribution in [-0.4, -0.2) is 47.9 Å². The molecule has 1 aliphatic carbocycles. The summed E-state index contributed by atoms with van der Waals surface area (Å²) >= 11 is 0. The van der Waals surface area contributed by atoms with Crippen molar-refractivity contribution in [1.29, 1.82) is 0 Å². The molecule has 0 unspecified atom stereocenters. The number of amides is 1. The average molecular weight is 568 g/mol. The van der Waals surface area contributed by atoms with Crippen molar-refractivity contribution < 1.29 is 33.2 Å². The van der Waals surface area contributed by atoms with Crippen LogP contribution in [0.3, 0.4) is 0 Å². The van der Waals surface area contributed by atoms with Crippen LogP contribution in [0, 0.1) is 0 Å². The Morgan fingerprint density at radius 3 is 2.22 bits per heavy atom. The van der Waals surface area contributed by atoms with Crippen LogP contribution in [0.5, 0.6) is 23.0 Å². The standard InChI is InChI=1S/C33H45NO7/c1-22(2)12-13-23(3)14-15-27-29(18-26(38-6)19-30(27)39-7)33(35)34-25-16-28(24-10-8-9-11-24)32(41-21-37-5)31(17-25)40-20-36-4/h12,14,16-19,24H,8-11,13,15,20-21H2,1-7H3,(H,34,35)/b23-14+. The van der Waals surface area contributed by atoms with Gasteiger partial charge in [0.25, 0.3) is 5.91 Å². The van der Waals surface area contributed by atoms with E-state index in [4.69, 9.17) is 28.4 Å². The molecule has 0 atom stereocenters. The van der Waals surface area contributed by atoms with Crippen LogP contribution in [0.1, 0.15) is 80.3 Å². The smallest absolute Gasteiger partial charge is 0.256 e. The molecule has 0 heterocycles. The number of benzene rings is 2. The largest absolute Gasteiger partial charge is 0.497 e. The lowest BCUT2D eigenvalue weighted by atomic mass is 9.95. The Bertz CT molecular complexity index is 1220. The third kappa shape index (κ3) is 9.00. The highest BCUT2D eigenvalue weighted by atomic mass is 16.7.